The van der Waals surface area contributed by atoms with Crippen molar-refractivity contribution in [3.05, 3.63) is 0 Å². The van der Waals surface area contributed by atoms with E-state index in [4.69, 9.17) is 24.6 Å². The first-order chi connectivity index (χ1) is 5.45. The van der Waals surface area contributed by atoms with Crippen molar-refractivity contribution in [3.63, 3.8) is 0 Å². The Morgan fingerprint density at radius 3 is 1.83 bits per heavy atom. The van der Waals surface area contributed by atoms with E-state index >= 15 is 0 Å². The van der Waals surface area contributed by atoms with Crippen molar-refractivity contribution in [1.82, 2.24) is 0 Å². The molecular formula is C4H5Cl2NO4Pt. The van der Waals surface area contributed by atoms with Crippen LogP contribution in [0.15, 0.2) is 0 Å². The monoisotopic (exact) mass is 396 g/mol. The van der Waals surface area contributed by atoms with Gasteiger partial charge in [-0.15, -0.1) is 0 Å². The third-order valence-electron chi connectivity index (χ3n) is 0.689. The molecule has 0 aromatic carbocycles. The van der Waals surface area contributed by atoms with Crippen molar-refractivity contribution in [2.24, 2.45) is 5.73 Å². The van der Waals surface area contributed by atoms with E-state index in [2.05, 4.69) is 0 Å². The maximum absolute atomic E-state index is 9.71. The number of carboxylic acids is 2. The van der Waals surface area contributed by atoms with Crippen LogP contribution in [0.1, 0.15) is 6.42 Å². The topological polar surface area (TPSA) is 106 Å². The summed E-state index contributed by atoms with van der Waals surface area (Å²) in [6, 6.07) is -1.46. The Morgan fingerprint density at radius 2 is 1.75 bits per heavy atom. The van der Waals surface area contributed by atoms with Gasteiger partial charge in [0.05, 0.1) is 5.97 Å². The Labute approximate surface area is 85.2 Å². The molecule has 0 radical (unpaired) electrons. The van der Waals surface area contributed by atoms with Gasteiger partial charge in [0.15, 0.2) is 0 Å². The van der Waals surface area contributed by atoms with Gasteiger partial charge in [0, 0.05) is 18.4 Å². The van der Waals surface area contributed by atoms with Crippen molar-refractivity contribution >= 4 is 30.8 Å². The van der Waals surface area contributed by atoms with Crippen molar-refractivity contribution in [1.29, 1.82) is 0 Å². The molecule has 12 heavy (non-hydrogen) atoms. The second-order valence-electron chi connectivity index (χ2n) is 1.55. The fourth-order valence-electron chi connectivity index (χ4n) is 0.263. The molecule has 0 aromatic heterocycles. The average Bonchev–Trinajstić information content (AvgIpc) is 1.87. The van der Waals surface area contributed by atoms with Crippen molar-refractivity contribution in [2.75, 3.05) is 0 Å². The Kier molecular flexibility index (Phi) is 11.3. The predicted octanol–water partition coefficient (Wildman–Crippen LogP) is -2.42. The zero-order chi connectivity index (χ0) is 10.1. The first kappa shape index (κ1) is 14.7. The van der Waals surface area contributed by atoms with Crippen molar-refractivity contribution < 1.29 is 36.3 Å². The Bertz CT molecular complexity index is 156. The third-order valence-corrected chi connectivity index (χ3v) is 0.689. The summed E-state index contributed by atoms with van der Waals surface area (Å²) in [5, 5.41) is 19.3. The van der Waals surface area contributed by atoms with Crippen LogP contribution in [0.25, 0.3) is 0 Å². The number of carboxylic acid groups (broad SMARTS) is 2. The minimum atomic E-state index is -1.58. The molecule has 0 aliphatic rings. The number of hydrogen-bond acceptors (Lipinski definition) is 5. The summed E-state index contributed by atoms with van der Waals surface area (Å²) in [6.45, 7) is 0. The van der Waals surface area contributed by atoms with Crippen LogP contribution in [0.4, 0.5) is 0 Å². The summed E-state index contributed by atoms with van der Waals surface area (Å²) >= 11 is -0.472. The van der Waals surface area contributed by atoms with E-state index in [1.54, 1.807) is 0 Å². The molecule has 8 heteroatoms. The number of aliphatic carboxylic acids is 2. The molecule has 2 N–H and O–H groups in total. The molecule has 0 rings (SSSR count). The van der Waals surface area contributed by atoms with Crippen LogP contribution >= 0.6 is 18.8 Å². The molecule has 0 aromatic rings. The summed E-state index contributed by atoms with van der Waals surface area (Å²) in [7, 11) is 9.75. The molecule has 1 atom stereocenters. The van der Waals surface area contributed by atoms with Gasteiger partial charge in [-0.25, -0.2) is 0 Å². The van der Waals surface area contributed by atoms with Crippen LogP contribution in [0.5, 0.6) is 0 Å². The molecule has 0 aliphatic carbocycles. The van der Waals surface area contributed by atoms with Crippen molar-refractivity contribution in [3.8, 4) is 0 Å². The van der Waals surface area contributed by atoms with E-state index in [9.17, 15) is 19.8 Å². The van der Waals surface area contributed by atoms with Crippen LogP contribution in [-0.2, 0) is 26.1 Å². The van der Waals surface area contributed by atoms with E-state index in [0.29, 0.717) is 0 Å². The van der Waals surface area contributed by atoms with E-state index in [0.717, 1.165) is 0 Å². The Morgan fingerprint density at radius 1 is 1.42 bits per heavy atom. The molecule has 0 heterocycles. The summed E-state index contributed by atoms with van der Waals surface area (Å²) in [5.41, 5.74) is 4.73. The number of carbonyl (C=O) groups excluding carboxylic acids is 2. The molecular weight excluding hydrogens is 392 g/mol. The molecule has 0 fully saturated rings. The zero-order valence-electron chi connectivity index (χ0n) is 5.57. The quantitative estimate of drug-likeness (QED) is 0.571. The summed E-state index contributed by atoms with van der Waals surface area (Å²) < 4.78 is 0. The molecule has 0 bridgehead atoms. The molecule has 74 valence electrons. The molecule has 0 saturated carbocycles. The average molecular weight is 397 g/mol. The standard InChI is InChI=1S/C4H7NO4.2ClH.Pt/c5-2(4(8)9)1-3(6)7;;;/h2H,1,5H2,(H,6,7)(H,8,9);2*1H;/q;;;+4/p-4. The molecule has 0 spiro atoms. The molecule has 0 aliphatic heterocycles. The van der Waals surface area contributed by atoms with Gasteiger partial charge < -0.3 is 25.5 Å². The number of halogens is 2. The van der Waals surface area contributed by atoms with Crippen LogP contribution < -0.4 is 15.9 Å². The van der Waals surface area contributed by atoms with Gasteiger partial charge in [-0.05, 0) is 0 Å². The number of rotatable bonds is 3. The summed E-state index contributed by atoms with van der Waals surface area (Å²) in [6.07, 6.45) is -0.706. The minimum absolute atomic E-state index is 0.472. The first-order valence-electron chi connectivity index (χ1n) is 2.44. The summed E-state index contributed by atoms with van der Waals surface area (Å²) in [4.78, 5) is 19.3. The normalized spacial score (nSPS) is 11.2. The van der Waals surface area contributed by atoms with Crippen LogP contribution in [0.3, 0.4) is 0 Å². The van der Waals surface area contributed by atoms with Crippen molar-refractivity contribution in [2.45, 2.75) is 12.5 Å². The van der Waals surface area contributed by atoms with E-state index in [1.165, 1.54) is 0 Å². The van der Waals surface area contributed by atoms with Gasteiger partial charge in [0.2, 0.25) is 0 Å². The van der Waals surface area contributed by atoms with E-state index < -0.39 is 40.9 Å². The fourth-order valence-corrected chi connectivity index (χ4v) is 0.263. The van der Waals surface area contributed by atoms with Gasteiger partial charge >= 0.3 is 35.3 Å². The second kappa shape index (κ2) is 9.26. The SMILES string of the molecule is NC(CC(=O)[O-])C(=O)[O-].[Cl][Pt+2][Cl]. The van der Waals surface area contributed by atoms with Gasteiger partial charge in [-0.2, -0.15) is 0 Å². The maximum atomic E-state index is 9.71. The van der Waals surface area contributed by atoms with Gasteiger partial charge in [0.1, 0.15) is 0 Å². The van der Waals surface area contributed by atoms with Gasteiger partial charge in [-0.1, -0.05) is 0 Å². The predicted molar refractivity (Wildman–Crippen MR) is 34.3 cm³/mol. The van der Waals surface area contributed by atoms with E-state index in [-0.39, 0.29) is 0 Å². The van der Waals surface area contributed by atoms with E-state index in [1.807, 2.05) is 0 Å². The fraction of sp³-hybridized carbons (Fsp3) is 0.500. The van der Waals surface area contributed by atoms with Gasteiger partial charge in [0.25, 0.3) is 0 Å². The Hall–Kier alpha value is 0.168. The van der Waals surface area contributed by atoms with Gasteiger partial charge in [-0.3, -0.25) is 0 Å². The van der Waals surface area contributed by atoms with Crippen LogP contribution in [-0.4, -0.2) is 18.0 Å². The third kappa shape index (κ3) is 12.8. The Balaban J connectivity index is 0. The molecule has 0 saturated heterocycles. The second-order valence-corrected chi connectivity index (χ2v) is 4.83. The van der Waals surface area contributed by atoms with Crippen LogP contribution in [0.2, 0.25) is 0 Å². The molecule has 5 nitrogen and oxygen atoms in total. The zero-order valence-corrected chi connectivity index (χ0v) is 9.35. The first-order valence-corrected chi connectivity index (χ1v) is 8.07. The summed E-state index contributed by atoms with van der Waals surface area (Å²) in [5.74, 6) is -3.08. The van der Waals surface area contributed by atoms with Crippen LogP contribution in [0, 0.1) is 0 Å². The molecule has 0 amide bonds. The number of hydrogen-bond donors (Lipinski definition) is 1. The number of carbonyl (C=O) groups is 2. The molecule has 1 unspecified atom stereocenters. The number of nitrogens with two attached hydrogens (primary N) is 1.